The van der Waals surface area contributed by atoms with Crippen LogP contribution in [0.2, 0.25) is 0 Å². The van der Waals surface area contributed by atoms with Crippen molar-refractivity contribution >= 4 is 41.4 Å². The van der Waals surface area contributed by atoms with E-state index in [4.69, 9.17) is 10.5 Å². The molecule has 0 aliphatic carbocycles. The number of ether oxygens (including phenoxy) is 1. The number of carbonyl (C=O) groups excluding carboxylic acids is 5. The van der Waals surface area contributed by atoms with Crippen LogP contribution in [-0.2, 0) is 30.3 Å². The zero-order chi connectivity index (χ0) is 34.6. The SMILES string of the molecule is CSCCC(NC(=O)OCC(C)C)C(=O)NC(CC(C)C)C(=O)NC(Cc1ccccc1)C(=O)NCCCCC(N)C(=O)C(C)C. The van der Waals surface area contributed by atoms with Crippen molar-refractivity contribution in [2.45, 2.75) is 104 Å². The van der Waals surface area contributed by atoms with E-state index < -0.39 is 42.1 Å². The molecule has 46 heavy (non-hydrogen) atoms. The number of hydrogen-bond acceptors (Lipinski definition) is 8. The van der Waals surface area contributed by atoms with Crippen LogP contribution in [0.3, 0.4) is 0 Å². The quantitative estimate of drug-likeness (QED) is 0.117. The van der Waals surface area contributed by atoms with E-state index in [1.807, 2.05) is 78.1 Å². The molecule has 260 valence electrons. The Bertz CT molecular complexity index is 1090. The summed E-state index contributed by atoms with van der Waals surface area (Å²) < 4.78 is 5.21. The second kappa shape index (κ2) is 22.4. The summed E-state index contributed by atoms with van der Waals surface area (Å²) in [6, 6.07) is 6.15. The first-order valence-electron chi connectivity index (χ1n) is 16.4. The van der Waals surface area contributed by atoms with Crippen LogP contribution in [0.25, 0.3) is 0 Å². The molecule has 0 saturated carbocycles. The lowest BCUT2D eigenvalue weighted by atomic mass is 9.98. The lowest BCUT2D eigenvalue weighted by Crippen LogP contribution is -2.57. The van der Waals surface area contributed by atoms with Gasteiger partial charge in [-0.3, -0.25) is 19.2 Å². The van der Waals surface area contributed by atoms with Crippen molar-refractivity contribution in [3.8, 4) is 0 Å². The number of benzene rings is 1. The molecule has 4 atom stereocenters. The van der Waals surface area contributed by atoms with E-state index in [1.54, 1.807) is 0 Å². The molecule has 0 aromatic heterocycles. The molecule has 0 aliphatic heterocycles. The summed E-state index contributed by atoms with van der Waals surface area (Å²) in [5.41, 5.74) is 6.86. The highest BCUT2D eigenvalue weighted by atomic mass is 32.2. The third-order valence-corrected chi connectivity index (χ3v) is 7.84. The van der Waals surface area contributed by atoms with E-state index >= 15 is 0 Å². The number of ketones is 1. The molecule has 0 spiro atoms. The first-order valence-corrected chi connectivity index (χ1v) is 17.8. The van der Waals surface area contributed by atoms with E-state index in [9.17, 15) is 24.0 Å². The lowest BCUT2D eigenvalue weighted by Gasteiger charge is -2.26. The molecule has 1 rings (SSSR count). The second-order valence-corrected chi connectivity index (χ2v) is 13.8. The highest BCUT2D eigenvalue weighted by Gasteiger charge is 2.30. The molecule has 1 aromatic carbocycles. The zero-order valence-corrected chi connectivity index (χ0v) is 29.5. The highest BCUT2D eigenvalue weighted by Crippen LogP contribution is 2.11. The van der Waals surface area contributed by atoms with Gasteiger partial charge >= 0.3 is 6.09 Å². The maximum atomic E-state index is 13.7. The number of nitrogens with two attached hydrogens (primary N) is 1. The molecular weight excluding hydrogens is 606 g/mol. The molecule has 11 nitrogen and oxygen atoms in total. The average molecular weight is 664 g/mol. The normalized spacial score (nSPS) is 13.9. The van der Waals surface area contributed by atoms with Crippen molar-refractivity contribution in [1.82, 2.24) is 21.3 Å². The first-order chi connectivity index (χ1) is 21.7. The second-order valence-electron chi connectivity index (χ2n) is 12.9. The molecule has 12 heteroatoms. The third-order valence-electron chi connectivity index (χ3n) is 7.20. The van der Waals surface area contributed by atoms with E-state index in [0.717, 1.165) is 5.56 Å². The number of hydrogen-bond donors (Lipinski definition) is 5. The number of rotatable bonds is 22. The number of alkyl carbamates (subject to hydrolysis) is 1. The van der Waals surface area contributed by atoms with Crippen molar-refractivity contribution in [1.29, 1.82) is 0 Å². The highest BCUT2D eigenvalue weighted by molar-refractivity contribution is 7.98. The van der Waals surface area contributed by atoms with Gasteiger partial charge in [-0.1, -0.05) is 71.9 Å². The van der Waals surface area contributed by atoms with Crippen molar-refractivity contribution in [2.75, 3.05) is 25.2 Å². The summed E-state index contributed by atoms with van der Waals surface area (Å²) in [6.07, 6.45) is 4.01. The standard InChI is InChI=1S/C34H57N5O6S/c1-22(2)19-28(37-32(42)27(16-18-46-7)39-34(44)45-21-23(3)4)33(43)38-29(20-25-13-9-8-10-14-25)31(41)36-17-12-11-15-26(35)30(40)24(5)6/h8-10,13-14,22-24,26-29H,11-12,15-21,35H2,1-7H3,(H,36,41)(H,37,42)(H,38,43)(H,39,44). The van der Waals surface area contributed by atoms with Gasteiger partial charge in [-0.05, 0) is 61.5 Å². The third kappa shape index (κ3) is 17.0. The van der Waals surface area contributed by atoms with Gasteiger partial charge in [0.05, 0.1) is 12.6 Å². The average Bonchev–Trinajstić information content (AvgIpc) is 3.00. The molecule has 4 amide bonds. The number of carbonyl (C=O) groups is 5. The zero-order valence-electron chi connectivity index (χ0n) is 28.7. The van der Waals surface area contributed by atoms with Gasteiger partial charge in [0.15, 0.2) is 5.78 Å². The molecule has 0 fully saturated rings. The Morgan fingerprint density at radius 2 is 1.41 bits per heavy atom. The van der Waals surface area contributed by atoms with E-state index in [0.29, 0.717) is 44.4 Å². The summed E-state index contributed by atoms with van der Waals surface area (Å²) in [7, 11) is 0. The molecule has 0 radical (unpaired) electrons. The van der Waals surface area contributed by atoms with Gasteiger partial charge in [0, 0.05) is 18.9 Å². The summed E-state index contributed by atoms with van der Waals surface area (Å²) >= 11 is 1.54. The lowest BCUT2D eigenvalue weighted by molar-refractivity contribution is -0.133. The van der Waals surface area contributed by atoms with Gasteiger partial charge in [-0.25, -0.2) is 4.79 Å². The predicted molar refractivity (Wildman–Crippen MR) is 184 cm³/mol. The van der Waals surface area contributed by atoms with Crippen LogP contribution in [0, 0.1) is 17.8 Å². The van der Waals surface area contributed by atoms with Crippen molar-refractivity contribution in [2.24, 2.45) is 23.5 Å². The van der Waals surface area contributed by atoms with Crippen LogP contribution in [-0.4, -0.2) is 78.9 Å². The van der Waals surface area contributed by atoms with Crippen LogP contribution < -0.4 is 27.0 Å². The number of unbranched alkanes of at least 4 members (excludes halogenated alkanes) is 1. The van der Waals surface area contributed by atoms with Crippen LogP contribution in [0.4, 0.5) is 4.79 Å². The van der Waals surface area contributed by atoms with Crippen molar-refractivity contribution in [3.05, 3.63) is 35.9 Å². The van der Waals surface area contributed by atoms with Crippen molar-refractivity contribution < 1.29 is 28.7 Å². The Morgan fingerprint density at radius 3 is 2.00 bits per heavy atom. The molecule has 0 heterocycles. The fourth-order valence-corrected chi connectivity index (χ4v) is 5.10. The Labute approximate surface area is 279 Å². The maximum Gasteiger partial charge on any atom is 0.407 e. The van der Waals surface area contributed by atoms with Gasteiger partial charge in [-0.15, -0.1) is 0 Å². The topological polar surface area (TPSA) is 169 Å². The van der Waals surface area contributed by atoms with Crippen LogP contribution in [0.1, 0.15) is 79.2 Å². The summed E-state index contributed by atoms with van der Waals surface area (Å²) in [5.74, 6) is -0.606. The minimum Gasteiger partial charge on any atom is -0.449 e. The van der Waals surface area contributed by atoms with Crippen LogP contribution >= 0.6 is 11.8 Å². The minimum atomic E-state index is -0.927. The Kier molecular flexibility index (Phi) is 19.9. The Hall–Kier alpha value is -3.12. The number of nitrogens with one attached hydrogen (secondary N) is 4. The van der Waals surface area contributed by atoms with E-state index in [2.05, 4.69) is 21.3 Å². The predicted octanol–water partition coefficient (Wildman–Crippen LogP) is 3.59. The summed E-state index contributed by atoms with van der Waals surface area (Å²) in [5, 5.41) is 11.2. The number of amides is 4. The summed E-state index contributed by atoms with van der Waals surface area (Å²) in [6.45, 7) is 11.9. The summed E-state index contributed by atoms with van der Waals surface area (Å²) in [4.78, 5) is 64.8. The van der Waals surface area contributed by atoms with Crippen LogP contribution in [0.15, 0.2) is 30.3 Å². The van der Waals surface area contributed by atoms with E-state index in [1.165, 1.54) is 11.8 Å². The van der Waals surface area contributed by atoms with Gasteiger partial charge in [0.2, 0.25) is 17.7 Å². The first kappa shape index (κ1) is 40.9. The number of thioether (sulfide) groups is 1. The Balaban J connectivity index is 2.98. The largest absolute Gasteiger partial charge is 0.449 e. The van der Waals surface area contributed by atoms with Gasteiger partial charge in [-0.2, -0.15) is 11.8 Å². The monoisotopic (exact) mass is 663 g/mol. The van der Waals surface area contributed by atoms with E-state index in [-0.39, 0.29) is 42.5 Å². The molecule has 0 bridgehead atoms. The van der Waals surface area contributed by atoms with Gasteiger partial charge < -0.3 is 31.7 Å². The molecule has 6 N–H and O–H groups in total. The smallest absolute Gasteiger partial charge is 0.407 e. The molecular formula is C34H57N5O6S. The fraction of sp³-hybridized carbons (Fsp3) is 0.676. The molecule has 1 aromatic rings. The molecule has 4 unspecified atom stereocenters. The Morgan fingerprint density at radius 1 is 0.783 bits per heavy atom. The molecule has 0 aliphatic rings. The number of Topliss-reactive ketones (excluding diaryl/α,β-unsaturated/α-hetero) is 1. The van der Waals surface area contributed by atoms with Gasteiger partial charge in [0.25, 0.3) is 0 Å². The van der Waals surface area contributed by atoms with Crippen LogP contribution in [0.5, 0.6) is 0 Å². The van der Waals surface area contributed by atoms with Crippen molar-refractivity contribution in [3.63, 3.8) is 0 Å². The minimum absolute atomic E-state index is 0.0233. The maximum absolute atomic E-state index is 13.7. The molecule has 0 saturated heterocycles. The van der Waals surface area contributed by atoms with Gasteiger partial charge in [0.1, 0.15) is 18.1 Å². The fourth-order valence-electron chi connectivity index (χ4n) is 4.63.